The van der Waals surface area contributed by atoms with Crippen LogP contribution in [0, 0.1) is 12.7 Å². The van der Waals surface area contributed by atoms with Gasteiger partial charge in [-0.25, -0.2) is 4.39 Å². The number of aryl methyl sites for hydroxylation is 1. The number of aromatic nitrogens is 2. The van der Waals surface area contributed by atoms with Crippen molar-refractivity contribution < 1.29 is 31.9 Å². The van der Waals surface area contributed by atoms with Gasteiger partial charge in [0.15, 0.2) is 6.04 Å². The molecule has 1 atom stereocenters. The molecule has 1 aromatic heterocycles. The third kappa shape index (κ3) is 3.75. The first-order valence-corrected chi connectivity index (χ1v) is 9.70. The highest BCUT2D eigenvalue weighted by Crippen LogP contribution is 2.41. The van der Waals surface area contributed by atoms with Crippen LogP contribution in [0.4, 0.5) is 17.6 Å². The monoisotopic (exact) mass is 449 g/mol. The molecule has 0 saturated carbocycles. The van der Waals surface area contributed by atoms with Gasteiger partial charge in [-0.15, -0.1) is 10.2 Å². The van der Waals surface area contributed by atoms with Crippen molar-refractivity contribution in [2.45, 2.75) is 45.1 Å². The highest BCUT2D eigenvalue weighted by atomic mass is 19.4. The van der Waals surface area contributed by atoms with Crippen LogP contribution in [-0.4, -0.2) is 43.9 Å². The van der Waals surface area contributed by atoms with Crippen LogP contribution in [0.1, 0.15) is 35.7 Å². The number of rotatable bonds is 4. The maximum Gasteiger partial charge on any atom is 0.411 e. The molecule has 0 saturated heterocycles. The molecule has 0 radical (unpaired) electrons. The van der Waals surface area contributed by atoms with Crippen molar-refractivity contribution in [1.29, 1.82) is 0 Å². The van der Waals surface area contributed by atoms with E-state index in [1.54, 1.807) is 31.2 Å². The molecule has 0 spiro atoms. The number of nitrogens with zero attached hydrogens (tertiary/aromatic N) is 3. The fourth-order valence-electron chi connectivity index (χ4n) is 4.02. The van der Waals surface area contributed by atoms with Gasteiger partial charge in [-0.1, -0.05) is 18.2 Å². The zero-order valence-corrected chi connectivity index (χ0v) is 17.4. The minimum atomic E-state index is -4.91. The van der Waals surface area contributed by atoms with Crippen molar-refractivity contribution in [1.82, 2.24) is 15.1 Å². The molecule has 4 rings (SSSR count). The molecule has 0 unspecified atom stereocenters. The summed E-state index contributed by atoms with van der Waals surface area (Å²) >= 11 is 0. The Labute approximate surface area is 180 Å². The Kier molecular flexibility index (Phi) is 5.08. The minimum absolute atomic E-state index is 0.136. The molecule has 0 fully saturated rings. The summed E-state index contributed by atoms with van der Waals surface area (Å²) in [4.78, 5) is 13.6. The lowest BCUT2D eigenvalue weighted by Crippen LogP contribution is -2.57. The van der Waals surface area contributed by atoms with Crippen molar-refractivity contribution in [3.05, 3.63) is 59.2 Å². The molecule has 2 heterocycles. The number of hydrogen-bond acceptors (Lipinski definition) is 5. The summed E-state index contributed by atoms with van der Waals surface area (Å²) in [6.07, 6.45) is -4.91. The zero-order chi connectivity index (χ0) is 23.4. The van der Waals surface area contributed by atoms with Crippen LogP contribution < -0.4 is 0 Å². The van der Waals surface area contributed by atoms with Gasteiger partial charge in [0, 0.05) is 18.1 Å². The molecule has 6 nitrogen and oxygen atoms in total. The van der Waals surface area contributed by atoms with E-state index in [0.717, 1.165) is 19.9 Å². The molecule has 32 heavy (non-hydrogen) atoms. The SMILES string of the molecule is Cc1nnc(-c2ccc(-c3ccc(F)c4c3C(=O)N([C@@H](C(C)(C)O)C(F)(F)F)C4)cc2)o1. The second kappa shape index (κ2) is 7.40. The standard InChI is InChI=1S/C22H19F4N3O3/c1-11-27-28-18(32-11)13-6-4-12(5-7-13)14-8-9-16(23)15-10-29(19(30)17(14)15)20(21(2,3)31)22(24,25)26/h4-9,20,31H,10H2,1-3H3/t20-/m0/s1. The van der Waals surface area contributed by atoms with Gasteiger partial charge in [-0.05, 0) is 43.2 Å². The van der Waals surface area contributed by atoms with Crippen molar-refractivity contribution in [3.8, 4) is 22.6 Å². The first-order valence-electron chi connectivity index (χ1n) is 9.70. The summed E-state index contributed by atoms with van der Waals surface area (Å²) < 4.78 is 61.1. The molecule has 3 aromatic rings. The van der Waals surface area contributed by atoms with Gasteiger partial charge in [-0.3, -0.25) is 4.79 Å². The normalized spacial score (nSPS) is 15.2. The zero-order valence-electron chi connectivity index (χ0n) is 17.4. The Balaban J connectivity index is 1.76. The highest BCUT2D eigenvalue weighted by Gasteiger charge is 2.55. The van der Waals surface area contributed by atoms with Crippen LogP contribution in [0.3, 0.4) is 0 Å². The van der Waals surface area contributed by atoms with E-state index in [-0.39, 0.29) is 11.1 Å². The van der Waals surface area contributed by atoms with Crippen molar-refractivity contribution in [2.75, 3.05) is 0 Å². The van der Waals surface area contributed by atoms with Crippen LogP contribution in [0.15, 0.2) is 40.8 Å². The Morgan fingerprint density at radius 2 is 1.69 bits per heavy atom. The lowest BCUT2D eigenvalue weighted by molar-refractivity contribution is -0.219. The van der Waals surface area contributed by atoms with E-state index in [4.69, 9.17) is 4.42 Å². The number of benzene rings is 2. The van der Waals surface area contributed by atoms with Gasteiger partial charge in [-0.2, -0.15) is 13.2 Å². The van der Waals surface area contributed by atoms with E-state index >= 15 is 0 Å². The number of hydrogen-bond donors (Lipinski definition) is 1. The van der Waals surface area contributed by atoms with Gasteiger partial charge >= 0.3 is 6.18 Å². The maximum atomic E-state index is 14.5. The average molecular weight is 449 g/mol. The van der Waals surface area contributed by atoms with Crippen molar-refractivity contribution in [3.63, 3.8) is 0 Å². The van der Waals surface area contributed by atoms with Crippen LogP contribution in [0.25, 0.3) is 22.6 Å². The third-order valence-corrected chi connectivity index (χ3v) is 5.32. The Hall–Kier alpha value is -3.27. The Morgan fingerprint density at radius 1 is 1.06 bits per heavy atom. The summed E-state index contributed by atoms with van der Waals surface area (Å²) in [5.41, 5.74) is -1.16. The van der Waals surface area contributed by atoms with E-state index in [2.05, 4.69) is 10.2 Å². The third-order valence-electron chi connectivity index (χ3n) is 5.32. The second-order valence-corrected chi connectivity index (χ2v) is 8.18. The van der Waals surface area contributed by atoms with Gasteiger partial charge < -0.3 is 14.4 Å². The molecule has 1 amide bonds. The molecule has 1 aliphatic rings. The Morgan fingerprint density at radius 3 is 2.22 bits per heavy atom. The maximum absolute atomic E-state index is 14.5. The molecular weight excluding hydrogens is 430 g/mol. The van der Waals surface area contributed by atoms with E-state index in [9.17, 15) is 27.5 Å². The van der Waals surface area contributed by atoms with E-state index < -0.39 is 36.1 Å². The van der Waals surface area contributed by atoms with Crippen molar-refractivity contribution in [2.24, 2.45) is 0 Å². The average Bonchev–Trinajstić information content (AvgIpc) is 3.25. The topological polar surface area (TPSA) is 79.5 Å². The molecule has 2 aromatic carbocycles. The Bertz CT molecular complexity index is 1170. The number of carbonyl (C=O) groups excluding carboxylic acids is 1. The molecule has 10 heteroatoms. The largest absolute Gasteiger partial charge is 0.421 e. The summed E-state index contributed by atoms with van der Waals surface area (Å²) in [7, 11) is 0. The van der Waals surface area contributed by atoms with Crippen LogP contribution >= 0.6 is 0 Å². The van der Waals surface area contributed by atoms with Crippen LogP contribution in [0.5, 0.6) is 0 Å². The first kappa shape index (κ1) is 21.9. The van der Waals surface area contributed by atoms with Gasteiger partial charge in [0.1, 0.15) is 5.82 Å². The molecular formula is C22H19F4N3O3. The van der Waals surface area contributed by atoms with Gasteiger partial charge in [0.25, 0.3) is 5.91 Å². The molecule has 1 aliphatic heterocycles. The predicted octanol–water partition coefficient (Wildman–Crippen LogP) is 4.51. The predicted molar refractivity (Wildman–Crippen MR) is 106 cm³/mol. The number of aliphatic hydroxyl groups is 1. The highest BCUT2D eigenvalue weighted by molar-refractivity contribution is 6.05. The first-order chi connectivity index (χ1) is 14.9. The quantitative estimate of drug-likeness (QED) is 0.593. The summed E-state index contributed by atoms with van der Waals surface area (Å²) in [5, 5.41) is 17.8. The summed E-state index contributed by atoms with van der Waals surface area (Å²) in [6.45, 7) is 2.99. The van der Waals surface area contributed by atoms with Gasteiger partial charge in [0.05, 0.1) is 17.7 Å². The number of amides is 1. The lowest BCUT2D eigenvalue weighted by Gasteiger charge is -2.37. The minimum Gasteiger partial charge on any atom is -0.421 e. The molecule has 0 aliphatic carbocycles. The number of halogens is 4. The van der Waals surface area contributed by atoms with Crippen LogP contribution in [-0.2, 0) is 6.54 Å². The van der Waals surface area contributed by atoms with E-state index in [1.807, 2.05) is 0 Å². The fourth-order valence-corrected chi connectivity index (χ4v) is 4.02. The summed E-state index contributed by atoms with van der Waals surface area (Å²) in [6, 6.07) is 6.56. The second-order valence-electron chi connectivity index (χ2n) is 8.18. The lowest BCUT2D eigenvalue weighted by atomic mass is 9.95. The smallest absolute Gasteiger partial charge is 0.411 e. The van der Waals surface area contributed by atoms with E-state index in [0.29, 0.717) is 33.4 Å². The van der Waals surface area contributed by atoms with Crippen molar-refractivity contribution >= 4 is 5.91 Å². The fraction of sp³-hybridized carbons (Fsp3) is 0.318. The van der Waals surface area contributed by atoms with Crippen LogP contribution in [0.2, 0.25) is 0 Å². The molecule has 0 bridgehead atoms. The number of carbonyl (C=O) groups is 1. The number of alkyl halides is 3. The molecule has 1 N–H and O–H groups in total. The van der Waals surface area contributed by atoms with E-state index in [1.165, 1.54) is 6.07 Å². The molecule has 168 valence electrons. The number of fused-ring (bicyclic) bond motifs is 1. The summed E-state index contributed by atoms with van der Waals surface area (Å²) in [5.74, 6) is -1.10. The van der Waals surface area contributed by atoms with Gasteiger partial charge in [0.2, 0.25) is 11.8 Å².